The van der Waals surface area contributed by atoms with Crippen LogP contribution in [0.1, 0.15) is 31.4 Å². The lowest BCUT2D eigenvalue weighted by Gasteiger charge is -2.35. The zero-order valence-electron chi connectivity index (χ0n) is 17.0. The van der Waals surface area contributed by atoms with E-state index in [0.717, 1.165) is 6.42 Å². The van der Waals surface area contributed by atoms with Gasteiger partial charge in [0.2, 0.25) is 0 Å². The van der Waals surface area contributed by atoms with E-state index in [-0.39, 0.29) is 11.1 Å². The van der Waals surface area contributed by atoms with Crippen LogP contribution in [0.4, 0.5) is 0 Å². The summed E-state index contributed by atoms with van der Waals surface area (Å²) < 4.78 is 5.19. The molecule has 0 saturated carbocycles. The summed E-state index contributed by atoms with van der Waals surface area (Å²) in [6.07, 6.45) is 2.76. The molecule has 2 nitrogen and oxygen atoms in total. The number of carbonyl (C=O) groups excluding carboxylic acids is 1. The van der Waals surface area contributed by atoms with Crippen molar-refractivity contribution in [1.29, 1.82) is 0 Å². The molecule has 3 aromatic carbocycles. The number of carbonyl (C=O) groups is 1. The molecule has 0 N–H and O–H groups in total. The molecule has 0 radical (unpaired) electrons. The van der Waals surface area contributed by atoms with Gasteiger partial charge in [-0.25, -0.2) is 4.79 Å². The first kappa shape index (κ1) is 21.0. The van der Waals surface area contributed by atoms with Crippen LogP contribution in [0, 0.1) is 0 Å². The average Bonchev–Trinajstić information content (AvgIpc) is 2.78. The highest BCUT2D eigenvalue weighted by Crippen LogP contribution is 2.50. The summed E-state index contributed by atoms with van der Waals surface area (Å²) in [6.45, 7) is 4.06. The monoisotopic (exact) mass is 402 g/mol. The van der Waals surface area contributed by atoms with Crippen LogP contribution in [0.3, 0.4) is 0 Å². The summed E-state index contributed by atoms with van der Waals surface area (Å²) in [5.41, 5.74) is 3.16. The Bertz CT molecular complexity index is 895. The number of esters is 1. The Morgan fingerprint density at radius 1 is 0.862 bits per heavy atom. The number of benzene rings is 3. The summed E-state index contributed by atoms with van der Waals surface area (Å²) in [7, 11) is 0.518. The van der Waals surface area contributed by atoms with Crippen molar-refractivity contribution in [3.63, 3.8) is 0 Å². The molecule has 0 aliphatic heterocycles. The number of ether oxygens (including phenoxy) is 1. The number of rotatable bonds is 8. The topological polar surface area (TPSA) is 26.3 Å². The second-order valence-electron chi connectivity index (χ2n) is 6.94. The van der Waals surface area contributed by atoms with E-state index >= 15 is 0 Å². The molecule has 3 rings (SSSR count). The molecule has 0 spiro atoms. The van der Waals surface area contributed by atoms with E-state index in [0.29, 0.717) is 20.8 Å². The van der Waals surface area contributed by atoms with Crippen LogP contribution < -0.4 is 5.30 Å². The molecule has 3 heteroatoms. The predicted molar refractivity (Wildman–Crippen MR) is 123 cm³/mol. The fraction of sp³-hybridized carbons (Fsp3) is 0.192. The van der Waals surface area contributed by atoms with Gasteiger partial charge >= 0.3 is 5.97 Å². The smallest absolute Gasteiger partial charge is 0.333 e. The molecule has 1 atom stereocenters. The van der Waals surface area contributed by atoms with E-state index in [2.05, 4.69) is 72.8 Å². The van der Waals surface area contributed by atoms with E-state index in [1.165, 1.54) is 16.4 Å². The maximum atomic E-state index is 12.2. The first-order valence-corrected chi connectivity index (χ1v) is 10.9. The second kappa shape index (κ2) is 10.2. The Morgan fingerprint density at radius 3 is 1.83 bits per heavy atom. The number of hydrogen-bond donors (Lipinski definition) is 0. The Morgan fingerprint density at radius 2 is 1.34 bits per heavy atom. The maximum Gasteiger partial charge on any atom is 0.333 e. The third-order valence-electron chi connectivity index (χ3n) is 4.98. The normalized spacial score (nSPS) is 12.3. The molecule has 0 aliphatic rings. The van der Waals surface area contributed by atoms with Crippen molar-refractivity contribution < 1.29 is 9.53 Å². The van der Waals surface area contributed by atoms with Gasteiger partial charge in [0.05, 0.1) is 6.61 Å². The van der Waals surface area contributed by atoms with Gasteiger partial charge in [-0.1, -0.05) is 106 Å². The fourth-order valence-electron chi connectivity index (χ4n) is 3.45. The molecule has 0 heterocycles. The molecule has 0 fully saturated rings. The molecule has 148 valence electrons. The number of hydrogen-bond acceptors (Lipinski definition) is 2. The standard InChI is InChI=1S/C26H27O2P/c1-3-28-25(27)21(2)19-20-26(22-13-7-4-8-14-22,23-15-9-5-10-16-23)29-24-17-11-6-12-18-24/h4-19,29H,3,20H2,1-2H3/b21-19+. The molecule has 0 saturated heterocycles. The molecule has 0 aliphatic carbocycles. The molecule has 0 amide bonds. The first-order chi connectivity index (χ1) is 14.2. The predicted octanol–water partition coefficient (Wildman–Crippen LogP) is 5.83. The fourth-order valence-corrected chi connectivity index (χ4v) is 5.12. The minimum absolute atomic E-state index is 0.245. The van der Waals surface area contributed by atoms with Crippen molar-refractivity contribution in [2.45, 2.75) is 25.4 Å². The summed E-state index contributed by atoms with van der Waals surface area (Å²) in [5.74, 6) is -0.245. The van der Waals surface area contributed by atoms with E-state index in [1.54, 1.807) is 0 Å². The lowest BCUT2D eigenvalue weighted by Crippen LogP contribution is -2.25. The summed E-state index contributed by atoms with van der Waals surface area (Å²) in [4.78, 5) is 12.2. The molecule has 0 bridgehead atoms. The van der Waals surface area contributed by atoms with Crippen LogP contribution in [-0.4, -0.2) is 12.6 Å². The van der Waals surface area contributed by atoms with Crippen molar-refractivity contribution in [3.05, 3.63) is 114 Å². The SMILES string of the molecule is CCOC(=O)/C(C)=C/CC(Pc1ccccc1)(c1ccccc1)c1ccccc1. The third-order valence-corrected chi connectivity index (χ3v) is 6.81. The summed E-state index contributed by atoms with van der Waals surface area (Å²) in [5, 5.41) is 1.04. The van der Waals surface area contributed by atoms with Gasteiger partial charge in [0.15, 0.2) is 0 Å². The third kappa shape index (κ3) is 5.22. The van der Waals surface area contributed by atoms with Gasteiger partial charge in [0, 0.05) is 10.7 Å². The zero-order valence-corrected chi connectivity index (χ0v) is 18.0. The van der Waals surface area contributed by atoms with Crippen molar-refractivity contribution in [1.82, 2.24) is 0 Å². The van der Waals surface area contributed by atoms with Gasteiger partial charge in [-0.15, -0.1) is 0 Å². The number of allylic oxidation sites excluding steroid dienone is 1. The minimum Gasteiger partial charge on any atom is -0.463 e. The van der Waals surface area contributed by atoms with Crippen LogP contribution in [0.25, 0.3) is 0 Å². The van der Waals surface area contributed by atoms with Gasteiger partial charge in [-0.3, -0.25) is 0 Å². The lowest BCUT2D eigenvalue weighted by atomic mass is 9.86. The van der Waals surface area contributed by atoms with E-state index < -0.39 is 0 Å². The largest absolute Gasteiger partial charge is 0.463 e. The Labute approximate surface area is 175 Å². The van der Waals surface area contributed by atoms with Gasteiger partial charge in [-0.05, 0) is 36.7 Å². The van der Waals surface area contributed by atoms with Crippen LogP contribution in [0.5, 0.6) is 0 Å². The Kier molecular flexibility index (Phi) is 7.38. The van der Waals surface area contributed by atoms with Crippen LogP contribution in [-0.2, 0) is 14.7 Å². The molecular weight excluding hydrogens is 375 g/mol. The molecule has 3 aromatic rings. The van der Waals surface area contributed by atoms with E-state index in [4.69, 9.17) is 4.74 Å². The highest BCUT2D eigenvalue weighted by atomic mass is 31.1. The quantitative estimate of drug-likeness (QED) is 0.269. The van der Waals surface area contributed by atoms with E-state index in [9.17, 15) is 4.79 Å². The first-order valence-electron chi connectivity index (χ1n) is 9.94. The highest BCUT2D eigenvalue weighted by Gasteiger charge is 2.34. The van der Waals surface area contributed by atoms with Crippen LogP contribution in [0.15, 0.2) is 103 Å². The Hall–Kier alpha value is -2.70. The highest BCUT2D eigenvalue weighted by molar-refractivity contribution is 7.48. The van der Waals surface area contributed by atoms with Crippen molar-refractivity contribution >= 4 is 19.9 Å². The molecule has 0 aromatic heterocycles. The van der Waals surface area contributed by atoms with Crippen molar-refractivity contribution in [2.24, 2.45) is 0 Å². The Balaban J connectivity index is 2.12. The van der Waals surface area contributed by atoms with Gasteiger partial charge in [-0.2, -0.15) is 0 Å². The van der Waals surface area contributed by atoms with Gasteiger partial charge < -0.3 is 4.74 Å². The molecule has 1 unspecified atom stereocenters. The molecular formula is C26H27O2P. The minimum atomic E-state index is -0.252. The second-order valence-corrected chi connectivity index (χ2v) is 8.62. The van der Waals surface area contributed by atoms with Crippen molar-refractivity contribution in [2.75, 3.05) is 6.61 Å². The maximum absolute atomic E-state index is 12.2. The summed E-state index contributed by atoms with van der Waals surface area (Å²) in [6, 6.07) is 31.8. The van der Waals surface area contributed by atoms with Gasteiger partial charge in [0.1, 0.15) is 0 Å². The van der Waals surface area contributed by atoms with Crippen LogP contribution in [0.2, 0.25) is 0 Å². The van der Waals surface area contributed by atoms with Gasteiger partial charge in [0.25, 0.3) is 0 Å². The lowest BCUT2D eigenvalue weighted by molar-refractivity contribution is -0.138. The molecule has 29 heavy (non-hydrogen) atoms. The summed E-state index contributed by atoms with van der Waals surface area (Å²) >= 11 is 0. The van der Waals surface area contributed by atoms with Crippen LogP contribution >= 0.6 is 8.58 Å². The van der Waals surface area contributed by atoms with E-state index in [1.807, 2.05) is 38.1 Å². The average molecular weight is 402 g/mol. The zero-order chi connectivity index (χ0) is 20.5. The van der Waals surface area contributed by atoms with Crippen molar-refractivity contribution in [3.8, 4) is 0 Å².